The molecule has 140 valence electrons. The Balaban J connectivity index is 3.90. The first-order valence-corrected chi connectivity index (χ1v) is 11.0. The zero-order valence-corrected chi connectivity index (χ0v) is 16.1. The Morgan fingerprint density at radius 3 is 1.65 bits per heavy atom. The van der Waals surface area contributed by atoms with Gasteiger partial charge in [0.05, 0.1) is 26.4 Å². The maximum absolute atomic E-state index is 8.72. The van der Waals surface area contributed by atoms with Crippen LogP contribution in [0.3, 0.4) is 0 Å². The van der Waals surface area contributed by atoms with Gasteiger partial charge < -0.3 is 24.6 Å². The molecular weight excluding hydrogens is 313 g/mol. The summed E-state index contributed by atoms with van der Waals surface area (Å²) in [6, 6.07) is 0. The number of aliphatic hydroxyl groups excluding tert-OH is 2. The highest BCUT2D eigenvalue weighted by Crippen LogP contribution is 2.37. The Bertz CT molecular complexity index is 217. The van der Waals surface area contributed by atoms with E-state index in [0.717, 1.165) is 39.1 Å². The van der Waals surface area contributed by atoms with Crippen LogP contribution in [-0.4, -0.2) is 92.9 Å². The van der Waals surface area contributed by atoms with Crippen LogP contribution in [0.1, 0.15) is 33.1 Å². The Morgan fingerprint density at radius 1 is 0.739 bits per heavy atom. The van der Waals surface area contributed by atoms with E-state index in [4.69, 9.17) is 19.7 Å². The highest BCUT2D eigenvalue weighted by molar-refractivity contribution is 7.57. The van der Waals surface area contributed by atoms with E-state index in [-0.39, 0.29) is 21.1 Å². The van der Waals surface area contributed by atoms with Gasteiger partial charge in [-0.15, -0.1) is 7.92 Å². The molecule has 0 aliphatic heterocycles. The second kappa shape index (κ2) is 18.6. The van der Waals surface area contributed by atoms with Crippen LogP contribution in [0.5, 0.6) is 0 Å². The van der Waals surface area contributed by atoms with Gasteiger partial charge in [0.15, 0.2) is 0 Å². The van der Waals surface area contributed by atoms with Crippen molar-refractivity contribution >= 4 is 7.92 Å². The van der Waals surface area contributed by atoms with Gasteiger partial charge in [0.25, 0.3) is 0 Å². The van der Waals surface area contributed by atoms with Crippen LogP contribution in [0.15, 0.2) is 0 Å². The summed E-state index contributed by atoms with van der Waals surface area (Å²) in [7, 11) is 0.0452. The Hall–Kier alpha value is 0.230. The average Bonchev–Trinajstić information content (AvgIpc) is 2.57. The topological polar surface area (TPSA) is 62.2 Å². The summed E-state index contributed by atoms with van der Waals surface area (Å²) in [6.07, 6.45) is 7.29. The molecule has 0 unspecified atom stereocenters. The third kappa shape index (κ3) is 15.5. The molecule has 0 rings (SSSR count). The summed E-state index contributed by atoms with van der Waals surface area (Å²) < 4.78 is 10.7. The van der Waals surface area contributed by atoms with E-state index in [9.17, 15) is 0 Å². The quantitative estimate of drug-likeness (QED) is 0.292. The van der Waals surface area contributed by atoms with Gasteiger partial charge in [0.2, 0.25) is 0 Å². The fourth-order valence-corrected chi connectivity index (χ4v) is 4.92. The van der Waals surface area contributed by atoms with Gasteiger partial charge in [0, 0.05) is 13.2 Å². The van der Waals surface area contributed by atoms with Crippen molar-refractivity contribution in [3.63, 3.8) is 0 Å². The molecule has 0 aromatic rings. The lowest BCUT2D eigenvalue weighted by Crippen LogP contribution is -2.24. The number of nitrogens with zero attached hydrogens (tertiary/aromatic N) is 1. The number of rotatable bonds is 18. The molecule has 0 bridgehead atoms. The number of ether oxygens (including phenoxy) is 2. The maximum atomic E-state index is 8.72. The van der Waals surface area contributed by atoms with Crippen molar-refractivity contribution in [3.05, 3.63) is 0 Å². The molecule has 6 heteroatoms. The molecule has 0 saturated carbocycles. The van der Waals surface area contributed by atoms with Gasteiger partial charge >= 0.3 is 0 Å². The van der Waals surface area contributed by atoms with Crippen LogP contribution >= 0.6 is 7.92 Å². The predicted octanol–water partition coefficient (Wildman–Crippen LogP) is 2.00. The Kier molecular flexibility index (Phi) is 18.8. The molecule has 23 heavy (non-hydrogen) atoms. The molecule has 0 heterocycles. The third-order valence-corrected chi connectivity index (χ3v) is 6.69. The third-order valence-electron chi connectivity index (χ3n) is 3.84. The monoisotopic (exact) mass is 351 g/mol. The summed E-state index contributed by atoms with van der Waals surface area (Å²) in [4.78, 5) is 2.49. The van der Waals surface area contributed by atoms with Crippen molar-refractivity contribution < 1.29 is 19.7 Å². The van der Waals surface area contributed by atoms with E-state index >= 15 is 0 Å². The second-order valence-corrected chi connectivity index (χ2v) is 8.28. The zero-order chi connectivity index (χ0) is 17.2. The number of hydrogen-bond donors (Lipinski definition) is 2. The molecule has 0 atom stereocenters. The summed E-state index contributed by atoms with van der Waals surface area (Å²) in [5, 5.41) is 17.4. The summed E-state index contributed by atoms with van der Waals surface area (Å²) in [5.41, 5.74) is 0. The fourth-order valence-electron chi connectivity index (χ4n) is 2.51. The summed E-state index contributed by atoms with van der Waals surface area (Å²) in [5.74, 6) is 0. The van der Waals surface area contributed by atoms with E-state index < -0.39 is 0 Å². The Labute approximate surface area is 144 Å². The molecule has 0 aliphatic rings. The molecule has 0 fully saturated rings. The molecule has 0 spiro atoms. The first-order valence-electron chi connectivity index (χ1n) is 9.10. The summed E-state index contributed by atoms with van der Waals surface area (Å²) in [6.45, 7) is 10.6. The molecule has 0 amide bonds. The van der Waals surface area contributed by atoms with Crippen molar-refractivity contribution in [2.45, 2.75) is 33.1 Å². The first-order chi connectivity index (χ1) is 11.3. The normalized spacial score (nSPS) is 11.7. The maximum Gasteiger partial charge on any atom is 0.0697 e. The van der Waals surface area contributed by atoms with Gasteiger partial charge in [-0.1, -0.05) is 13.8 Å². The van der Waals surface area contributed by atoms with Crippen LogP contribution in [-0.2, 0) is 9.47 Å². The molecule has 2 N–H and O–H groups in total. The van der Waals surface area contributed by atoms with Crippen molar-refractivity contribution in [1.82, 2.24) is 4.90 Å². The van der Waals surface area contributed by atoms with E-state index in [1.54, 1.807) is 0 Å². The number of hydrogen-bond acceptors (Lipinski definition) is 5. The van der Waals surface area contributed by atoms with Crippen LogP contribution in [0, 0.1) is 0 Å². The molecule has 5 nitrogen and oxygen atoms in total. The van der Waals surface area contributed by atoms with Crippen molar-refractivity contribution in [2.24, 2.45) is 0 Å². The lowest BCUT2D eigenvalue weighted by atomic mass is 10.4. The first kappa shape index (κ1) is 23.2. The Morgan fingerprint density at radius 2 is 1.22 bits per heavy atom. The zero-order valence-electron chi connectivity index (χ0n) is 15.2. The highest BCUT2D eigenvalue weighted by atomic mass is 31.1. The molecule has 0 radical (unpaired) electrons. The van der Waals surface area contributed by atoms with Crippen LogP contribution in [0.4, 0.5) is 0 Å². The van der Waals surface area contributed by atoms with E-state index in [0.29, 0.717) is 13.2 Å². The molecular formula is C17H38NO4P. The SMILES string of the molecule is CCN(CC)CCCP(CCCOCCO)CCCOCCO. The highest BCUT2D eigenvalue weighted by Gasteiger charge is 2.09. The van der Waals surface area contributed by atoms with Gasteiger partial charge in [-0.3, -0.25) is 0 Å². The molecule has 0 aliphatic carbocycles. The smallest absolute Gasteiger partial charge is 0.0697 e. The van der Waals surface area contributed by atoms with Gasteiger partial charge in [-0.25, -0.2) is 0 Å². The van der Waals surface area contributed by atoms with Crippen molar-refractivity contribution in [2.75, 3.05) is 77.8 Å². The minimum Gasteiger partial charge on any atom is -0.394 e. The largest absolute Gasteiger partial charge is 0.394 e. The van der Waals surface area contributed by atoms with Crippen LogP contribution < -0.4 is 0 Å². The minimum atomic E-state index is 0.0452. The van der Waals surface area contributed by atoms with Crippen LogP contribution in [0.2, 0.25) is 0 Å². The number of aliphatic hydroxyl groups is 2. The van der Waals surface area contributed by atoms with Gasteiger partial charge in [-0.2, -0.15) is 0 Å². The van der Waals surface area contributed by atoms with Crippen molar-refractivity contribution in [3.8, 4) is 0 Å². The molecule has 0 aromatic heterocycles. The molecule has 0 aromatic carbocycles. The average molecular weight is 351 g/mol. The van der Waals surface area contributed by atoms with Crippen molar-refractivity contribution in [1.29, 1.82) is 0 Å². The van der Waals surface area contributed by atoms with Crippen LogP contribution in [0.25, 0.3) is 0 Å². The minimum absolute atomic E-state index is 0.0452. The van der Waals surface area contributed by atoms with Gasteiger partial charge in [0.1, 0.15) is 0 Å². The lowest BCUT2D eigenvalue weighted by molar-refractivity contribution is 0.0925. The molecule has 0 saturated heterocycles. The van der Waals surface area contributed by atoms with Gasteiger partial charge in [-0.05, 0) is 57.4 Å². The van der Waals surface area contributed by atoms with E-state index in [1.807, 2.05) is 0 Å². The fraction of sp³-hybridized carbons (Fsp3) is 1.00. The predicted molar refractivity (Wildman–Crippen MR) is 99.0 cm³/mol. The van der Waals surface area contributed by atoms with E-state index in [2.05, 4.69) is 18.7 Å². The lowest BCUT2D eigenvalue weighted by Gasteiger charge is -2.21. The van der Waals surface area contributed by atoms with E-state index in [1.165, 1.54) is 31.5 Å². The second-order valence-electron chi connectivity index (χ2n) is 5.60. The summed E-state index contributed by atoms with van der Waals surface area (Å²) >= 11 is 0. The standard InChI is InChI=1S/C17H38NO4P/c1-3-18(4-2)8-5-15-23(16-6-11-21-13-9-19)17-7-12-22-14-10-20/h19-20H,3-17H2,1-2H3.